The van der Waals surface area contributed by atoms with E-state index in [0.29, 0.717) is 23.4 Å². The van der Waals surface area contributed by atoms with E-state index in [-0.39, 0.29) is 0 Å². The van der Waals surface area contributed by atoms with Gasteiger partial charge in [-0.25, -0.2) is 19.9 Å². The number of pyridine rings is 2. The molecule has 0 atom stereocenters. The summed E-state index contributed by atoms with van der Waals surface area (Å²) in [7, 11) is 4.34. The van der Waals surface area contributed by atoms with Crippen LogP contribution < -0.4 is 10.6 Å². The number of anilines is 2. The summed E-state index contributed by atoms with van der Waals surface area (Å²) in [5.74, 6) is 2.04. The van der Waals surface area contributed by atoms with Gasteiger partial charge in [-0.05, 0) is 69.5 Å². The van der Waals surface area contributed by atoms with Crippen molar-refractivity contribution in [1.82, 2.24) is 24.8 Å². The molecule has 1 saturated heterocycles. The molecule has 7 heteroatoms. The second-order valence-corrected chi connectivity index (χ2v) is 9.45. The van der Waals surface area contributed by atoms with Crippen molar-refractivity contribution in [3.63, 3.8) is 0 Å². The predicted molar refractivity (Wildman–Crippen MR) is 130 cm³/mol. The van der Waals surface area contributed by atoms with Crippen molar-refractivity contribution in [2.75, 3.05) is 37.8 Å². The number of nitrogen functional groups attached to an aromatic ring is 1. The van der Waals surface area contributed by atoms with E-state index in [1.807, 2.05) is 0 Å². The molecule has 0 radical (unpaired) electrons. The fourth-order valence-corrected chi connectivity index (χ4v) is 5.34. The summed E-state index contributed by atoms with van der Waals surface area (Å²) in [5, 5.41) is 0.921. The van der Waals surface area contributed by atoms with Gasteiger partial charge in [0.05, 0.1) is 16.8 Å². The van der Waals surface area contributed by atoms with Crippen molar-refractivity contribution < 1.29 is 0 Å². The van der Waals surface area contributed by atoms with Crippen LogP contribution in [0.5, 0.6) is 0 Å². The molecule has 2 fully saturated rings. The highest BCUT2D eigenvalue weighted by atomic mass is 15.2. The van der Waals surface area contributed by atoms with Gasteiger partial charge in [-0.1, -0.05) is 25.3 Å². The molecule has 1 saturated carbocycles. The molecular formula is C25H33N7. The molecule has 2 N–H and O–H groups in total. The first kappa shape index (κ1) is 21.1. The van der Waals surface area contributed by atoms with Gasteiger partial charge >= 0.3 is 0 Å². The lowest BCUT2D eigenvalue weighted by Gasteiger charge is -2.35. The number of nitrogens with zero attached hydrogens (tertiary/aromatic N) is 6. The van der Waals surface area contributed by atoms with Crippen LogP contribution in [-0.4, -0.2) is 58.1 Å². The van der Waals surface area contributed by atoms with Crippen LogP contribution in [-0.2, 0) is 0 Å². The van der Waals surface area contributed by atoms with Crippen molar-refractivity contribution >= 4 is 22.7 Å². The summed E-state index contributed by atoms with van der Waals surface area (Å²) in [6, 6.07) is 9.11. The minimum atomic E-state index is 0.481. The molecule has 0 unspecified atom stereocenters. The smallest absolute Gasteiger partial charge is 0.165 e. The second-order valence-electron chi connectivity index (χ2n) is 9.45. The molecule has 0 aromatic carbocycles. The van der Waals surface area contributed by atoms with Gasteiger partial charge in [-0.2, -0.15) is 0 Å². The van der Waals surface area contributed by atoms with Crippen LogP contribution in [0.2, 0.25) is 0 Å². The number of aromatic nitrogens is 4. The van der Waals surface area contributed by atoms with E-state index in [0.717, 1.165) is 48.5 Å². The van der Waals surface area contributed by atoms with E-state index in [1.54, 1.807) is 0 Å². The summed E-state index contributed by atoms with van der Waals surface area (Å²) >= 11 is 0. The zero-order chi connectivity index (χ0) is 22.1. The lowest BCUT2D eigenvalue weighted by molar-refractivity contribution is 0.249. The van der Waals surface area contributed by atoms with Crippen LogP contribution in [0.1, 0.15) is 56.4 Å². The van der Waals surface area contributed by atoms with E-state index in [9.17, 15) is 0 Å². The Kier molecular flexibility index (Phi) is 5.91. The zero-order valence-electron chi connectivity index (χ0n) is 19.2. The van der Waals surface area contributed by atoms with Crippen molar-refractivity contribution in [2.45, 2.75) is 56.9 Å². The summed E-state index contributed by atoms with van der Waals surface area (Å²) in [6.07, 6.45) is 10.0. The molecule has 7 nitrogen and oxygen atoms in total. The number of piperidine rings is 1. The molecule has 5 rings (SSSR count). The first-order valence-corrected chi connectivity index (χ1v) is 11.9. The molecular weight excluding hydrogens is 398 g/mol. The average Bonchev–Trinajstić information content (AvgIpc) is 2.84. The number of hydrogen-bond acceptors (Lipinski definition) is 7. The third-order valence-electron chi connectivity index (χ3n) is 7.22. The highest BCUT2D eigenvalue weighted by Crippen LogP contribution is 2.38. The van der Waals surface area contributed by atoms with E-state index in [4.69, 9.17) is 15.7 Å². The molecule has 1 aliphatic carbocycles. The minimum Gasteiger partial charge on any atom is -0.383 e. The summed E-state index contributed by atoms with van der Waals surface area (Å²) < 4.78 is 0. The standard InChI is InChI=1S/C25H33N7/c1-31(2)18-11-13-32(14-12-18)22-10-6-9-20(29-22)21-15-19(17-7-4-3-5-8-17)23-24(26)27-16-28-25(23)30-21/h6,9-10,15-18H,3-5,7-8,11-14H2,1-2H3,(H2,26,27,28,30). The normalized spacial score (nSPS) is 18.5. The molecule has 0 amide bonds. The molecule has 0 spiro atoms. The Bertz CT molecular complexity index is 1080. The van der Waals surface area contributed by atoms with Gasteiger partial charge in [0.2, 0.25) is 0 Å². The molecule has 4 heterocycles. The average molecular weight is 432 g/mol. The van der Waals surface area contributed by atoms with Crippen LogP contribution in [0.3, 0.4) is 0 Å². The number of fused-ring (bicyclic) bond motifs is 1. The summed E-state index contributed by atoms with van der Waals surface area (Å²) in [6.45, 7) is 2.06. The van der Waals surface area contributed by atoms with Crippen LogP contribution in [0, 0.1) is 0 Å². The first-order chi connectivity index (χ1) is 15.6. The third-order valence-corrected chi connectivity index (χ3v) is 7.22. The molecule has 168 valence electrons. The fraction of sp³-hybridized carbons (Fsp3) is 0.520. The van der Waals surface area contributed by atoms with E-state index in [1.165, 1.54) is 44.0 Å². The third kappa shape index (κ3) is 4.13. The fourth-order valence-electron chi connectivity index (χ4n) is 5.34. The number of hydrogen-bond donors (Lipinski definition) is 1. The first-order valence-electron chi connectivity index (χ1n) is 11.9. The van der Waals surface area contributed by atoms with Crippen LogP contribution in [0.25, 0.3) is 22.4 Å². The van der Waals surface area contributed by atoms with Crippen molar-refractivity contribution in [3.05, 3.63) is 36.2 Å². The molecule has 3 aromatic heterocycles. The SMILES string of the molecule is CN(C)C1CCN(c2cccc(-c3cc(C4CCCCC4)c4c(N)ncnc4n3)n2)CC1. The predicted octanol–water partition coefficient (Wildman–Crippen LogP) is 4.25. The Balaban J connectivity index is 1.50. The molecule has 2 aliphatic rings. The van der Waals surface area contributed by atoms with Gasteiger partial charge in [-0.15, -0.1) is 0 Å². The van der Waals surface area contributed by atoms with Gasteiger partial charge in [-0.3, -0.25) is 0 Å². The minimum absolute atomic E-state index is 0.481. The van der Waals surface area contributed by atoms with Crippen molar-refractivity contribution in [3.8, 4) is 11.4 Å². The molecule has 0 bridgehead atoms. The van der Waals surface area contributed by atoms with Gasteiger partial charge in [0.25, 0.3) is 0 Å². The largest absolute Gasteiger partial charge is 0.383 e. The van der Waals surface area contributed by atoms with Crippen LogP contribution in [0.4, 0.5) is 11.6 Å². The van der Waals surface area contributed by atoms with Gasteiger partial charge in [0.15, 0.2) is 5.65 Å². The molecule has 1 aliphatic heterocycles. The Morgan fingerprint density at radius 3 is 2.47 bits per heavy atom. The quantitative estimate of drug-likeness (QED) is 0.661. The summed E-state index contributed by atoms with van der Waals surface area (Å²) in [4.78, 5) is 23.4. The topological polar surface area (TPSA) is 84.1 Å². The van der Waals surface area contributed by atoms with Gasteiger partial charge < -0.3 is 15.5 Å². The van der Waals surface area contributed by atoms with Crippen LogP contribution in [0.15, 0.2) is 30.6 Å². The lowest BCUT2D eigenvalue weighted by atomic mass is 9.82. The highest BCUT2D eigenvalue weighted by molar-refractivity contribution is 5.90. The van der Waals surface area contributed by atoms with Crippen molar-refractivity contribution in [1.29, 1.82) is 0 Å². The zero-order valence-corrected chi connectivity index (χ0v) is 19.2. The maximum absolute atomic E-state index is 6.29. The second kappa shape index (κ2) is 8.98. The van der Waals surface area contributed by atoms with E-state index in [2.05, 4.69) is 58.1 Å². The number of rotatable bonds is 4. The Morgan fingerprint density at radius 2 is 1.72 bits per heavy atom. The Hall–Kier alpha value is -2.80. The van der Waals surface area contributed by atoms with E-state index < -0.39 is 0 Å². The maximum Gasteiger partial charge on any atom is 0.165 e. The number of nitrogens with two attached hydrogens (primary N) is 1. The molecule has 3 aromatic rings. The van der Waals surface area contributed by atoms with Gasteiger partial charge in [0.1, 0.15) is 18.0 Å². The Labute approximate surface area is 190 Å². The maximum atomic E-state index is 6.29. The Morgan fingerprint density at radius 1 is 0.938 bits per heavy atom. The van der Waals surface area contributed by atoms with E-state index >= 15 is 0 Å². The van der Waals surface area contributed by atoms with Gasteiger partial charge in [0, 0.05) is 19.1 Å². The molecule has 32 heavy (non-hydrogen) atoms. The summed E-state index contributed by atoms with van der Waals surface area (Å²) in [5.41, 5.74) is 9.98. The van der Waals surface area contributed by atoms with Crippen LogP contribution >= 0.6 is 0 Å². The lowest BCUT2D eigenvalue weighted by Crippen LogP contribution is -2.42. The van der Waals surface area contributed by atoms with Crippen molar-refractivity contribution in [2.24, 2.45) is 0 Å². The monoisotopic (exact) mass is 431 g/mol. The highest BCUT2D eigenvalue weighted by Gasteiger charge is 2.24.